The van der Waals surface area contributed by atoms with Crippen LogP contribution in [0.3, 0.4) is 0 Å². The van der Waals surface area contributed by atoms with Crippen molar-refractivity contribution in [3.8, 4) is 17.0 Å². The number of alkyl halides is 3. The van der Waals surface area contributed by atoms with E-state index in [0.29, 0.717) is 0 Å². The quantitative estimate of drug-likeness (QED) is 0.922. The fourth-order valence-electron chi connectivity index (χ4n) is 1.85. The smallest absolute Gasteiger partial charge is 0.481 e. The van der Waals surface area contributed by atoms with Crippen molar-refractivity contribution in [3.05, 3.63) is 47.1 Å². The number of ether oxygens (including phenoxy) is 1. The standard InChI is InChI=1S/C14H9ClF3NO3/c15-12-8(7-11(20)21)5-6-19-13(12)9-3-1-2-4-10(9)22-14(16,17)18/h1-6H,7H2,(H,20,21). The first kappa shape index (κ1) is 16.1. The summed E-state index contributed by atoms with van der Waals surface area (Å²) in [7, 11) is 0. The third-order valence-electron chi connectivity index (χ3n) is 2.68. The molecule has 2 aromatic rings. The summed E-state index contributed by atoms with van der Waals surface area (Å²) in [5.41, 5.74) is 0.304. The Balaban J connectivity index is 2.51. The number of benzene rings is 1. The first-order chi connectivity index (χ1) is 10.3. The third-order valence-corrected chi connectivity index (χ3v) is 3.10. The van der Waals surface area contributed by atoms with E-state index in [4.69, 9.17) is 16.7 Å². The SMILES string of the molecule is O=C(O)Cc1ccnc(-c2ccccc2OC(F)(F)F)c1Cl. The number of carboxylic acid groups (broad SMARTS) is 1. The van der Waals surface area contributed by atoms with Crippen LogP contribution < -0.4 is 4.74 Å². The molecule has 0 unspecified atom stereocenters. The van der Waals surface area contributed by atoms with E-state index in [2.05, 4.69) is 9.72 Å². The predicted octanol–water partition coefficient (Wildman–Crippen LogP) is 3.93. The molecular weight excluding hydrogens is 323 g/mol. The van der Waals surface area contributed by atoms with Gasteiger partial charge >= 0.3 is 12.3 Å². The summed E-state index contributed by atoms with van der Waals surface area (Å²) in [6.07, 6.45) is -3.94. The summed E-state index contributed by atoms with van der Waals surface area (Å²) < 4.78 is 41.3. The van der Waals surface area contributed by atoms with Crippen LogP contribution in [0, 0.1) is 0 Å². The minimum absolute atomic E-state index is 0.0249. The van der Waals surface area contributed by atoms with Crippen LogP contribution in [0.15, 0.2) is 36.5 Å². The van der Waals surface area contributed by atoms with Crippen molar-refractivity contribution in [2.75, 3.05) is 0 Å². The molecule has 0 bridgehead atoms. The maximum Gasteiger partial charge on any atom is 0.573 e. The van der Waals surface area contributed by atoms with E-state index in [1.54, 1.807) is 0 Å². The van der Waals surface area contributed by atoms with E-state index in [0.717, 1.165) is 6.07 Å². The van der Waals surface area contributed by atoms with Crippen molar-refractivity contribution in [1.29, 1.82) is 0 Å². The number of carboxylic acids is 1. The number of nitrogens with zero attached hydrogens (tertiary/aromatic N) is 1. The molecule has 0 spiro atoms. The van der Waals surface area contributed by atoms with Gasteiger partial charge in [0.1, 0.15) is 5.75 Å². The number of halogens is 4. The topological polar surface area (TPSA) is 59.4 Å². The number of aromatic nitrogens is 1. The zero-order chi connectivity index (χ0) is 16.3. The molecule has 0 aliphatic heterocycles. The van der Waals surface area contributed by atoms with Crippen LogP contribution >= 0.6 is 11.6 Å². The molecule has 2 rings (SSSR count). The van der Waals surface area contributed by atoms with E-state index in [1.807, 2.05) is 0 Å². The van der Waals surface area contributed by atoms with E-state index >= 15 is 0 Å². The summed E-state index contributed by atoms with van der Waals surface area (Å²) in [6.45, 7) is 0. The number of rotatable bonds is 4. The van der Waals surface area contributed by atoms with Gasteiger partial charge in [-0.1, -0.05) is 23.7 Å². The summed E-state index contributed by atoms with van der Waals surface area (Å²) in [5.74, 6) is -1.57. The molecule has 22 heavy (non-hydrogen) atoms. The Morgan fingerprint density at radius 3 is 2.59 bits per heavy atom. The van der Waals surface area contributed by atoms with Crippen molar-refractivity contribution in [3.63, 3.8) is 0 Å². The van der Waals surface area contributed by atoms with Crippen LogP contribution in [0.1, 0.15) is 5.56 Å². The highest BCUT2D eigenvalue weighted by Gasteiger charge is 2.32. The number of carbonyl (C=O) groups is 1. The molecule has 116 valence electrons. The molecule has 0 radical (unpaired) electrons. The highest BCUT2D eigenvalue weighted by atomic mass is 35.5. The number of hydrogen-bond donors (Lipinski definition) is 1. The van der Waals surface area contributed by atoms with E-state index < -0.39 is 18.1 Å². The molecule has 0 amide bonds. The zero-order valence-corrected chi connectivity index (χ0v) is 11.6. The monoisotopic (exact) mass is 331 g/mol. The van der Waals surface area contributed by atoms with Gasteiger partial charge in [-0.25, -0.2) is 0 Å². The first-order valence-corrected chi connectivity index (χ1v) is 6.36. The lowest BCUT2D eigenvalue weighted by molar-refractivity contribution is -0.274. The molecule has 0 saturated heterocycles. The molecule has 8 heteroatoms. The molecule has 1 aromatic heterocycles. The normalized spacial score (nSPS) is 11.3. The maximum absolute atomic E-state index is 12.4. The first-order valence-electron chi connectivity index (χ1n) is 5.98. The summed E-state index contributed by atoms with van der Waals surface area (Å²) in [6, 6.07) is 6.76. The summed E-state index contributed by atoms with van der Waals surface area (Å²) in [5, 5.41) is 8.78. The molecular formula is C14H9ClF3NO3. The molecule has 0 aliphatic rings. The molecule has 4 nitrogen and oxygen atoms in total. The minimum Gasteiger partial charge on any atom is -0.481 e. The Bertz CT molecular complexity index is 704. The fraction of sp³-hybridized carbons (Fsp3) is 0.143. The van der Waals surface area contributed by atoms with Crippen LogP contribution in [-0.4, -0.2) is 22.4 Å². The molecule has 0 aliphatic carbocycles. The summed E-state index contributed by atoms with van der Waals surface area (Å²) in [4.78, 5) is 14.7. The second-order valence-electron chi connectivity index (χ2n) is 4.25. The number of hydrogen-bond acceptors (Lipinski definition) is 3. The fourth-order valence-corrected chi connectivity index (χ4v) is 2.13. The van der Waals surface area contributed by atoms with Gasteiger partial charge in [0.15, 0.2) is 0 Å². The van der Waals surface area contributed by atoms with Crippen LogP contribution in [0.25, 0.3) is 11.3 Å². The Hall–Kier alpha value is -2.28. The second kappa shape index (κ2) is 6.23. The third kappa shape index (κ3) is 3.88. The Kier molecular flexibility index (Phi) is 4.56. The number of pyridine rings is 1. The van der Waals surface area contributed by atoms with Gasteiger partial charge < -0.3 is 9.84 Å². The molecule has 0 fully saturated rings. The Labute approximate surface area is 128 Å². The van der Waals surface area contributed by atoms with Gasteiger partial charge in [0.05, 0.1) is 17.1 Å². The van der Waals surface area contributed by atoms with Crippen molar-refractivity contribution in [2.45, 2.75) is 12.8 Å². The average Bonchev–Trinajstić information content (AvgIpc) is 2.40. The van der Waals surface area contributed by atoms with Crippen molar-refractivity contribution in [1.82, 2.24) is 4.98 Å². The van der Waals surface area contributed by atoms with E-state index in [-0.39, 0.29) is 28.3 Å². The van der Waals surface area contributed by atoms with Gasteiger partial charge in [0.2, 0.25) is 0 Å². The molecule has 0 saturated carbocycles. The van der Waals surface area contributed by atoms with E-state index in [9.17, 15) is 18.0 Å². The van der Waals surface area contributed by atoms with Crippen LogP contribution in [-0.2, 0) is 11.2 Å². The largest absolute Gasteiger partial charge is 0.573 e. The van der Waals surface area contributed by atoms with Crippen LogP contribution in [0.2, 0.25) is 5.02 Å². The number of aliphatic carboxylic acids is 1. The van der Waals surface area contributed by atoms with Gasteiger partial charge in [-0.2, -0.15) is 0 Å². The van der Waals surface area contributed by atoms with Gasteiger partial charge in [0, 0.05) is 11.8 Å². The van der Waals surface area contributed by atoms with Gasteiger partial charge in [-0.05, 0) is 23.8 Å². The van der Waals surface area contributed by atoms with Crippen molar-refractivity contribution < 1.29 is 27.8 Å². The molecule has 1 heterocycles. The lowest BCUT2D eigenvalue weighted by atomic mass is 10.1. The highest BCUT2D eigenvalue weighted by molar-refractivity contribution is 6.34. The average molecular weight is 332 g/mol. The summed E-state index contributed by atoms with van der Waals surface area (Å²) >= 11 is 6.07. The zero-order valence-electron chi connectivity index (χ0n) is 10.9. The van der Waals surface area contributed by atoms with Crippen LogP contribution in [0.4, 0.5) is 13.2 Å². The number of para-hydroxylation sites is 1. The maximum atomic E-state index is 12.4. The molecule has 0 atom stereocenters. The van der Waals surface area contributed by atoms with Crippen molar-refractivity contribution >= 4 is 17.6 Å². The van der Waals surface area contributed by atoms with Gasteiger partial charge in [-0.15, -0.1) is 13.2 Å². The Morgan fingerprint density at radius 1 is 1.27 bits per heavy atom. The van der Waals surface area contributed by atoms with Crippen LogP contribution in [0.5, 0.6) is 5.75 Å². The lowest BCUT2D eigenvalue weighted by Gasteiger charge is -2.14. The second-order valence-corrected chi connectivity index (χ2v) is 4.63. The van der Waals surface area contributed by atoms with E-state index in [1.165, 1.54) is 30.5 Å². The van der Waals surface area contributed by atoms with Crippen molar-refractivity contribution in [2.24, 2.45) is 0 Å². The van der Waals surface area contributed by atoms with Gasteiger partial charge in [-0.3, -0.25) is 9.78 Å². The minimum atomic E-state index is -4.86. The Morgan fingerprint density at radius 2 is 1.95 bits per heavy atom. The predicted molar refractivity (Wildman–Crippen MR) is 72.7 cm³/mol. The lowest BCUT2D eigenvalue weighted by Crippen LogP contribution is -2.17. The van der Waals surface area contributed by atoms with Gasteiger partial charge in [0.25, 0.3) is 0 Å². The molecule has 1 N–H and O–H groups in total. The highest BCUT2D eigenvalue weighted by Crippen LogP contribution is 2.37. The molecule has 1 aromatic carbocycles.